The van der Waals surface area contributed by atoms with Gasteiger partial charge in [-0.25, -0.2) is 4.98 Å². The number of hydrogen-bond donors (Lipinski definition) is 2. The zero-order valence-electron chi connectivity index (χ0n) is 15.8. The molecule has 1 amide bonds. The van der Waals surface area contributed by atoms with Gasteiger partial charge < -0.3 is 15.0 Å². The average molecular weight is 410 g/mol. The van der Waals surface area contributed by atoms with E-state index in [0.29, 0.717) is 35.3 Å². The molecule has 1 aromatic heterocycles. The fraction of sp³-hybridized carbons (Fsp3) is 0.200. The fourth-order valence-corrected chi connectivity index (χ4v) is 2.74. The molecule has 3 rings (SSSR count). The number of aromatic nitrogens is 2. The molecule has 0 fully saturated rings. The van der Waals surface area contributed by atoms with Crippen molar-refractivity contribution in [1.82, 2.24) is 9.97 Å². The minimum atomic E-state index is -0.558. The minimum absolute atomic E-state index is 0.0569. The lowest BCUT2D eigenvalue weighted by Gasteiger charge is -2.07. The van der Waals surface area contributed by atoms with E-state index in [2.05, 4.69) is 15.3 Å². The summed E-state index contributed by atoms with van der Waals surface area (Å²) in [4.78, 5) is 52.8. The molecule has 0 aliphatic carbocycles. The van der Waals surface area contributed by atoms with Gasteiger partial charge >= 0.3 is 5.97 Å². The molecule has 0 saturated heterocycles. The van der Waals surface area contributed by atoms with E-state index in [1.807, 2.05) is 0 Å². The number of hydrogen-bond acceptors (Lipinski definition) is 7. The molecule has 2 N–H and O–H groups in total. The van der Waals surface area contributed by atoms with Crippen molar-refractivity contribution in [1.29, 1.82) is 0 Å². The predicted molar refractivity (Wildman–Crippen MR) is 108 cm³/mol. The molecule has 2 aromatic carbocycles. The first-order valence-electron chi connectivity index (χ1n) is 9.10. The first-order chi connectivity index (χ1) is 14.4. The van der Waals surface area contributed by atoms with Gasteiger partial charge in [-0.05, 0) is 30.7 Å². The van der Waals surface area contributed by atoms with Crippen molar-refractivity contribution >= 4 is 34.2 Å². The van der Waals surface area contributed by atoms with E-state index >= 15 is 0 Å². The number of H-pyrrole nitrogens is 1. The largest absolute Gasteiger partial charge is 0.456 e. The summed E-state index contributed by atoms with van der Waals surface area (Å²) in [5.74, 6) is -0.642. The van der Waals surface area contributed by atoms with Crippen molar-refractivity contribution in [2.45, 2.75) is 19.3 Å². The molecule has 1 heterocycles. The standard InChI is InChI=1S/C20H18N4O6/c25-18(21-13-8-10-14(11-9-13)24(28)29)12-30-19(26)7-3-6-17-22-16-5-2-1-4-15(16)20(27)23-17/h1-2,4-5,8-11H,3,6-7,12H2,(H,21,25)(H,22,23,27). The number of aromatic amines is 1. The molecule has 0 atom stereocenters. The van der Waals surface area contributed by atoms with Crippen LogP contribution in [0.15, 0.2) is 53.3 Å². The van der Waals surface area contributed by atoms with Crippen LogP contribution in [0.3, 0.4) is 0 Å². The number of nitrogens with zero attached hydrogens (tertiary/aromatic N) is 2. The molecule has 10 nitrogen and oxygen atoms in total. The Morgan fingerprint density at radius 2 is 1.87 bits per heavy atom. The number of ether oxygens (including phenoxy) is 1. The molecular formula is C20H18N4O6. The highest BCUT2D eigenvalue weighted by Gasteiger charge is 2.10. The summed E-state index contributed by atoms with van der Waals surface area (Å²) in [7, 11) is 0. The second-order valence-electron chi connectivity index (χ2n) is 6.40. The van der Waals surface area contributed by atoms with Gasteiger partial charge in [0.25, 0.3) is 17.2 Å². The number of nitrogens with one attached hydrogen (secondary N) is 2. The Bertz CT molecular complexity index is 1140. The number of aryl methyl sites for hydroxylation is 1. The van der Waals surface area contributed by atoms with E-state index in [1.54, 1.807) is 24.3 Å². The lowest BCUT2D eigenvalue weighted by molar-refractivity contribution is -0.384. The fourth-order valence-electron chi connectivity index (χ4n) is 2.74. The number of amides is 1. The highest BCUT2D eigenvalue weighted by molar-refractivity contribution is 5.92. The van der Waals surface area contributed by atoms with Crippen LogP contribution in [0.1, 0.15) is 18.7 Å². The number of benzene rings is 2. The Labute approximate surface area is 170 Å². The number of nitro benzene ring substituents is 1. The third-order valence-electron chi connectivity index (χ3n) is 4.18. The quantitative estimate of drug-likeness (QED) is 0.329. The highest BCUT2D eigenvalue weighted by Crippen LogP contribution is 2.15. The van der Waals surface area contributed by atoms with Crippen LogP contribution in [-0.4, -0.2) is 33.4 Å². The van der Waals surface area contributed by atoms with Gasteiger partial charge in [0.1, 0.15) is 5.82 Å². The molecule has 3 aromatic rings. The molecule has 0 unspecified atom stereocenters. The second kappa shape index (κ2) is 9.41. The summed E-state index contributed by atoms with van der Waals surface area (Å²) in [6, 6.07) is 12.3. The van der Waals surface area contributed by atoms with Crippen molar-refractivity contribution in [2.75, 3.05) is 11.9 Å². The van der Waals surface area contributed by atoms with E-state index in [-0.39, 0.29) is 17.7 Å². The van der Waals surface area contributed by atoms with Crippen molar-refractivity contribution in [3.05, 3.63) is 74.8 Å². The van der Waals surface area contributed by atoms with Gasteiger partial charge in [-0.1, -0.05) is 12.1 Å². The first kappa shape index (κ1) is 20.6. The molecule has 0 spiro atoms. The number of anilines is 1. The maximum atomic E-state index is 12.0. The maximum Gasteiger partial charge on any atom is 0.306 e. The Hall–Kier alpha value is -4.08. The van der Waals surface area contributed by atoms with Gasteiger partial charge in [-0.3, -0.25) is 24.5 Å². The van der Waals surface area contributed by atoms with Crippen LogP contribution in [0.4, 0.5) is 11.4 Å². The Kier molecular flexibility index (Phi) is 6.48. The van der Waals surface area contributed by atoms with Crippen LogP contribution < -0.4 is 10.9 Å². The first-order valence-corrected chi connectivity index (χ1v) is 9.10. The van der Waals surface area contributed by atoms with Crippen molar-refractivity contribution in [3.8, 4) is 0 Å². The lowest BCUT2D eigenvalue weighted by Crippen LogP contribution is -2.21. The summed E-state index contributed by atoms with van der Waals surface area (Å²) < 4.78 is 4.92. The molecular weight excluding hydrogens is 392 g/mol. The normalized spacial score (nSPS) is 10.5. The molecule has 10 heteroatoms. The number of carbonyl (C=O) groups excluding carboxylic acids is 2. The summed E-state index contributed by atoms with van der Waals surface area (Å²) in [6.07, 6.45) is 0.829. The van der Waals surface area contributed by atoms with Gasteiger partial charge in [-0.2, -0.15) is 0 Å². The number of esters is 1. The Morgan fingerprint density at radius 1 is 1.13 bits per heavy atom. The molecule has 154 valence electrons. The number of rotatable bonds is 8. The molecule has 30 heavy (non-hydrogen) atoms. The summed E-state index contributed by atoms with van der Waals surface area (Å²) in [6.45, 7) is -0.471. The van der Waals surface area contributed by atoms with Gasteiger partial charge in [-0.15, -0.1) is 0 Å². The van der Waals surface area contributed by atoms with Crippen LogP contribution in [0, 0.1) is 10.1 Å². The monoisotopic (exact) mass is 410 g/mol. The number of para-hydroxylation sites is 1. The van der Waals surface area contributed by atoms with Crippen LogP contribution in [-0.2, 0) is 20.7 Å². The van der Waals surface area contributed by atoms with Crippen molar-refractivity contribution in [3.63, 3.8) is 0 Å². The zero-order valence-corrected chi connectivity index (χ0v) is 15.8. The topological polar surface area (TPSA) is 144 Å². The summed E-state index contributed by atoms with van der Waals surface area (Å²) in [5.41, 5.74) is 0.609. The third kappa shape index (κ3) is 5.47. The zero-order chi connectivity index (χ0) is 21.5. The molecule has 0 bridgehead atoms. The molecule has 0 saturated carbocycles. The van der Waals surface area contributed by atoms with Gasteiger partial charge in [0.2, 0.25) is 0 Å². The predicted octanol–water partition coefficient (Wildman–Crippen LogP) is 2.34. The van der Waals surface area contributed by atoms with Crippen LogP contribution >= 0.6 is 0 Å². The summed E-state index contributed by atoms with van der Waals surface area (Å²) in [5, 5.41) is 13.6. The van der Waals surface area contributed by atoms with Gasteiger partial charge in [0, 0.05) is 30.7 Å². The number of carbonyl (C=O) groups is 2. The van der Waals surface area contributed by atoms with Crippen LogP contribution in [0.2, 0.25) is 0 Å². The van der Waals surface area contributed by atoms with E-state index in [4.69, 9.17) is 4.74 Å². The van der Waals surface area contributed by atoms with E-state index in [9.17, 15) is 24.5 Å². The smallest absolute Gasteiger partial charge is 0.306 e. The van der Waals surface area contributed by atoms with Gasteiger partial charge in [0.15, 0.2) is 6.61 Å². The minimum Gasteiger partial charge on any atom is -0.456 e. The highest BCUT2D eigenvalue weighted by atomic mass is 16.6. The third-order valence-corrected chi connectivity index (χ3v) is 4.18. The number of non-ortho nitro benzene ring substituents is 1. The summed E-state index contributed by atoms with van der Waals surface area (Å²) >= 11 is 0. The van der Waals surface area contributed by atoms with Crippen molar-refractivity contribution in [2.24, 2.45) is 0 Å². The van der Waals surface area contributed by atoms with Crippen LogP contribution in [0.5, 0.6) is 0 Å². The average Bonchev–Trinajstić information content (AvgIpc) is 2.73. The van der Waals surface area contributed by atoms with Gasteiger partial charge in [0.05, 0.1) is 15.8 Å². The van der Waals surface area contributed by atoms with E-state index < -0.39 is 23.4 Å². The number of nitro groups is 1. The SMILES string of the molecule is O=C(COC(=O)CCCc1nc2ccccc2c(=O)[nH]1)Nc1ccc([N+](=O)[O-])cc1. The molecule has 0 aliphatic rings. The Morgan fingerprint density at radius 3 is 2.60 bits per heavy atom. The Balaban J connectivity index is 1.42. The molecule has 0 aliphatic heterocycles. The van der Waals surface area contributed by atoms with Crippen LogP contribution in [0.25, 0.3) is 10.9 Å². The van der Waals surface area contributed by atoms with Crippen molar-refractivity contribution < 1.29 is 19.2 Å². The second-order valence-corrected chi connectivity index (χ2v) is 6.40. The maximum absolute atomic E-state index is 12.0. The lowest BCUT2D eigenvalue weighted by atomic mass is 10.2. The van der Waals surface area contributed by atoms with E-state index in [0.717, 1.165) is 0 Å². The number of fused-ring (bicyclic) bond motifs is 1. The van der Waals surface area contributed by atoms with E-state index in [1.165, 1.54) is 24.3 Å². The molecule has 0 radical (unpaired) electrons.